The van der Waals surface area contributed by atoms with Crippen LogP contribution in [0.3, 0.4) is 0 Å². The lowest BCUT2D eigenvalue weighted by molar-refractivity contribution is 0.389. The van der Waals surface area contributed by atoms with Gasteiger partial charge in [0, 0.05) is 17.6 Å². The van der Waals surface area contributed by atoms with Crippen molar-refractivity contribution in [1.29, 1.82) is 0 Å². The van der Waals surface area contributed by atoms with Crippen LogP contribution >= 0.6 is 23.8 Å². The van der Waals surface area contributed by atoms with Crippen LogP contribution in [0.1, 0.15) is 31.2 Å². The quantitative estimate of drug-likeness (QED) is 0.832. The van der Waals surface area contributed by atoms with Crippen molar-refractivity contribution < 1.29 is 0 Å². The van der Waals surface area contributed by atoms with Crippen molar-refractivity contribution in [2.24, 2.45) is 11.8 Å². The van der Waals surface area contributed by atoms with E-state index in [0.29, 0.717) is 6.04 Å². The smallest absolute Gasteiger partial charge is 0.166 e. The van der Waals surface area contributed by atoms with Gasteiger partial charge in [0.25, 0.3) is 0 Å². The summed E-state index contributed by atoms with van der Waals surface area (Å²) in [6, 6.07) is 8.61. The Morgan fingerprint density at radius 1 is 1.20 bits per heavy atom. The molecule has 2 saturated carbocycles. The predicted molar refractivity (Wildman–Crippen MR) is 88.1 cm³/mol. The molecule has 2 nitrogen and oxygen atoms in total. The first-order valence-corrected chi connectivity index (χ1v) is 8.28. The lowest BCUT2D eigenvalue weighted by Gasteiger charge is -2.24. The van der Waals surface area contributed by atoms with Gasteiger partial charge in [-0.05, 0) is 67.4 Å². The highest BCUT2D eigenvalue weighted by Gasteiger charge is 2.39. The van der Waals surface area contributed by atoms with Crippen LogP contribution in [0.4, 0.5) is 0 Å². The summed E-state index contributed by atoms with van der Waals surface area (Å²) in [5.74, 6) is 1.81. The maximum Gasteiger partial charge on any atom is 0.166 e. The van der Waals surface area contributed by atoms with Gasteiger partial charge in [0.15, 0.2) is 5.11 Å². The SMILES string of the molecule is S=C(NCCc1ccc(Cl)cc1)NC1CC2CCC1C2. The van der Waals surface area contributed by atoms with Gasteiger partial charge >= 0.3 is 0 Å². The summed E-state index contributed by atoms with van der Waals surface area (Å²) in [6.07, 6.45) is 6.50. The standard InChI is InChI=1S/C16H21ClN2S/c17-14-5-2-11(3-6-14)7-8-18-16(20)19-15-10-12-1-4-13(15)9-12/h2-3,5-6,12-13,15H,1,4,7-10H2,(H2,18,19,20). The van der Waals surface area contributed by atoms with Crippen LogP contribution in [0.15, 0.2) is 24.3 Å². The van der Waals surface area contributed by atoms with Crippen molar-refractivity contribution in [1.82, 2.24) is 10.6 Å². The summed E-state index contributed by atoms with van der Waals surface area (Å²) in [6.45, 7) is 0.869. The van der Waals surface area contributed by atoms with E-state index in [4.69, 9.17) is 23.8 Å². The average Bonchev–Trinajstić information content (AvgIpc) is 3.03. The zero-order valence-electron chi connectivity index (χ0n) is 11.6. The molecule has 0 aliphatic heterocycles. The fraction of sp³-hybridized carbons (Fsp3) is 0.562. The summed E-state index contributed by atoms with van der Waals surface area (Å²) in [7, 11) is 0. The first-order chi connectivity index (χ1) is 9.70. The molecular weight excluding hydrogens is 288 g/mol. The third kappa shape index (κ3) is 3.44. The van der Waals surface area contributed by atoms with Gasteiger partial charge in [-0.1, -0.05) is 30.2 Å². The minimum atomic E-state index is 0.615. The van der Waals surface area contributed by atoms with Crippen LogP contribution in [-0.2, 0) is 6.42 Å². The molecule has 2 aliphatic carbocycles. The van der Waals surface area contributed by atoms with Crippen molar-refractivity contribution in [3.05, 3.63) is 34.9 Å². The molecule has 20 heavy (non-hydrogen) atoms. The summed E-state index contributed by atoms with van der Waals surface area (Å²) in [4.78, 5) is 0. The third-order valence-electron chi connectivity index (χ3n) is 4.67. The van der Waals surface area contributed by atoms with E-state index in [1.165, 1.54) is 31.2 Å². The molecule has 0 saturated heterocycles. The Hall–Kier alpha value is -0.800. The molecule has 2 bridgehead atoms. The molecule has 1 aromatic rings. The van der Waals surface area contributed by atoms with E-state index in [9.17, 15) is 0 Å². The number of thiocarbonyl (C=S) groups is 1. The highest BCUT2D eigenvalue weighted by molar-refractivity contribution is 7.80. The summed E-state index contributed by atoms with van der Waals surface area (Å²) >= 11 is 11.3. The summed E-state index contributed by atoms with van der Waals surface area (Å²) in [5, 5.41) is 8.43. The zero-order valence-corrected chi connectivity index (χ0v) is 13.1. The minimum Gasteiger partial charge on any atom is -0.362 e. The van der Waals surface area contributed by atoms with Crippen LogP contribution in [0.5, 0.6) is 0 Å². The zero-order chi connectivity index (χ0) is 13.9. The largest absolute Gasteiger partial charge is 0.362 e. The Morgan fingerprint density at radius 2 is 2.00 bits per heavy atom. The molecule has 0 aromatic heterocycles. The number of fused-ring (bicyclic) bond motifs is 2. The third-order valence-corrected chi connectivity index (χ3v) is 5.18. The van der Waals surface area contributed by atoms with Crippen molar-refractivity contribution in [3.8, 4) is 0 Å². The molecule has 0 heterocycles. The minimum absolute atomic E-state index is 0.615. The van der Waals surface area contributed by atoms with Crippen LogP contribution in [0.2, 0.25) is 5.02 Å². The maximum atomic E-state index is 5.88. The number of hydrogen-bond acceptors (Lipinski definition) is 1. The molecule has 3 unspecified atom stereocenters. The Balaban J connectivity index is 1.38. The molecule has 3 atom stereocenters. The second-order valence-electron chi connectivity index (χ2n) is 6.06. The van der Waals surface area contributed by atoms with Crippen molar-refractivity contribution in [2.75, 3.05) is 6.54 Å². The lowest BCUT2D eigenvalue weighted by atomic mass is 9.96. The van der Waals surface area contributed by atoms with Gasteiger partial charge < -0.3 is 10.6 Å². The lowest BCUT2D eigenvalue weighted by Crippen LogP contribution is -2.44. The van der Waals surface area contributed by atoms with E-state index in [0.717, 1.165) is 34.9 Å². The van der Waals surface area contributed by atoms with E-state index in [2.05, 4.69) is 22.8 Å². The number of benzene rings is 1. The van der Waals surface area contributed by atoms with E-state index in [-0.39, 0.29) is 0 Å². The first-order valence-electron chi connectivity index (χ1n) is 7.49. The number of halogens is 1. The van der Waals surface area contributed by atoms with Gasteiger partial charge in [-0.3, -0.25) is 0 Å². The topological polar surface area (TPSA) is 24.1 Å². The first kappa shape index (κ1) is 14.2. The van der Waals surface area contributed by atoms with E-state index in [1.807, 2.05) is 12.1 Å². The van der Waals surface area contributed by atoms with Gasteiger partial charge in [-0.2, -0.15) is 0 Å². The molecule has 0 amide bonds. The van der Waals surface area contributed by atoms with Gasteiger partial charge in [-0.15, -0.1) is 0 Å². The van der Waals surface area contributed by atoms with Crippen molar-refractivity contribution >= 4 is 28.9 Å². The number of hydrogen-bond donors (Lipinski definition) is 2. The second-order valence-corrected chi connectivity index (χ2v) is 6.90. The van der Waals surface area contributed by atoms with Gasteiger partial charge in [0.1, 0.15) is 0 Å². The maximum absolute atomic E-state index is 5.88. The number of rotatable bonds is 4. The Labute approximate surface area is 131 Å². The fourth-order valence-corrected chi connectivity index (χ4v) is 3.99. The molecule has 0 radical (unpaired) electrons. The molecule has 2 aliphatic rings. The van der Waals surface area contributed by atoms with Gasteiger partial charge in [0.05, 0.1) is 0 Å². The highest BCUT2D eigenvalue weighted by Crippen LogP contribution is 2.44. The Bertz CT molecular complexity index is 474. The van der Waals surface area contributed by atoms with Crippen LogP contribution in [0, 0.1) is 11.8 Å². The molecular formula is C16H21ClN2S. The molecule has 2 N–H and O–H groups in total. The molecule has 4 heteroatoms. The van der Waals surface area contributed by atoms with E-state index < -0.39 is 0 Å². The molecule has 2 fully saturated rings. The van der Waals surface area contributed by atoms with Crippen molar-refractivity contribution in [2.45, 2.75) is 38.1 Å². The Morgan fingerprint density at radius 3 is 2.65 bits per heavy atom. The Kier molecular flexibility index (Phi) is 4.47. The van der Waals surface area contributed by atoms with Crippen LogP contribution in [0.25, 0.3) is 0 Å². The highest BCUT2D eigenvalue weighted by atomic mass is 35.5. The molecule has 108 valence electrons. The summed E-state index contributed by atoms with van der Waals surface area (Å²) in [5.41, 5.74) is 1.28. The van der Waals surface area contributed by atoms with Crippen LogP contribution in [-0.4, -0.2) is 17.7 Å². The predicted octanol–water partition coefficient (Wildman–Crippen LogP) is 3.54. The number of nitrogens with one attached hydrogen (secondary N) is 2. The monoisotopic (exact) mass is 308 g/mol. The fourth-order valence-electron chi connectivity index (χ4n) is 3.61. The van der Waals surface area contributed by atoms with Gasteiger partial charge in [0.2, 0.25) is 0 Å². The molecule has 3 rings (SSSR count). The molecule has 0 spiro atoms. The van der Waals surface area contributed by atoms with E-state index in [1.54, 1.807) is 0 Å². The van der Waals surface area contributed by atoms with Crippen molar-refractivity contribution in [3.63, 3.8) is 0 Å². The summed E-state index contributed by atoms with van der Waals surface area (Å²) < 4.78 is 0. The second kappa shape index (κ2) is 6.31. The molecule has 1 aromatic carbocycles. The van der Waals surface area contributed by atoms with E-state index >= 15 is 0 Å². The average molecular weight is 309 g/mol. The van der Waals surface area contributed by atoms with Crippen LogP contribution < -0.4 is 10.6 Å². The van der Waals surface area contributed by atoms with Gasteiger partial charge in [-0.25, -0.2) is 0 Å². The normalized spacial score (nSPS) is 27.6.